The number of amides is 1. The molecule has 8 heteroatoms. The first kappa shape index (κ1) is 20.3. The summed E-state index contributed by atoms with van der Waals surface area (Å²) in [6, 6.07) is 17.4. The first-order valence-corrected chi connectivity index (χ1v) is 10.2. The van der Waals surface area contributed by atoms with Crippen molar-refractivity contribution in [2.75, 3.05) is 18.5 Å². The summed E-state index contributed by atoms with van der Waals surface area (Å²) in [5, 5.41) is 10.0. The molecule has 2 aromatic carbocycles. The van der Waals surface area contributed by atoms with Crippen LogP contribution in [0.5, 0.6) is 0 Å². The summed E-state index contributed by atoms with van der Waals surface area (Å²) in [4.78, 5) is 12.2. The molecule has 1 unspecified atom stereocenters. The predicted octanol–water partition coefficient (Wildman–Crippen LogP) is 4.13. The Balaban J connectivity index is 1.48. The number of aromatic amines is 1. The van der Waals surface area contributed by atoms with Crippen molar-refractivity contribution in [3.8, 4) is 0 Å². The molecule has 30 heavy (non-hydrogen) atoms. The molecule has 1 amide bonds. The second kappa shape index (κ2) is 8.81. The average Bonchev–Trinajstić information content (AvgIpc) is 3.36. The number of benzene rings is 2. The lowest BCUT2D eigenvalue weighted by molar-refractivity contribution is 0.155. The number of ether oxygens (including phenoxy) is 2. The van der Waals surface area contributed by atoms with Gasteiger partial charge in [0.05, 0.1) is 6.61 Å². The minimum absolute atomic E-state index is 0.222. The van der Waals surface area contributed by atoms with Crippen LogP contribution < -0.4 is 5.32 Å². The van der Waals surface area contributed by atoms with Crippen molar-refractivity contribution in [3.05, 3.63) is 76.3 Å². The van der Waals surface area contributed by atoms with Crippen molar-refractivity contribution in [3.63, 3.8) is 0 Å². The van der Waals surface area contributed by atoms with Crippen molar-refractivity contribution in [1.29, 1.82) is 0 Å². The lowest BCUT2D eigenvalue weighted by Gasteiger charge is -2.28. The largest absolute Gasteiger partial charge is 0.444 e. The van der Waals surface area contributed by atoms with Gasteiger partial charge >= 0.3 is 6.09 Å². The SMILES string of the molecule is Cn1c(CC2(c3cccc(NC(=O)OCc4ccccc4)c3)CCOC2)n[nH]c1=S. The van der Waals surface area contributed by atoms with E-state index in [9.17, 15) is 4.79 Å². The zero-order chi connectivity index (χ0) is 21.0. The molecule has 7 nitrogen and oxygen atoms in total. The van der Waals surface area contributed by atoms with Crippen molar-refractivity contribution < 1.29 is 14.3 Å². The Morgan fingerprint density at radius 2 is 2.13 bits per heavy atom. The first-order chi connectivity index (χ1) is 14.6. The number of hydrogen-bond donors (Lipinski definition) is 2. The van der Waals surface area contributed by atoms with Gasteiger partial charge in [0.1, 0.15) is 12.4 Å². The maximum Gasteiger partial charge on any atom is 0.411 e. The molecule has 1 aromatic heterocycles. The molecule has 4 rings (SSSR count). The summed E-state index contributed by atoms with van der Waals surface area (Å²) < 4.78 is 13.6. The number of rotatable bonds is 6. The molecule has 0 radical (unpaired) electrons. The molecule has 2 heterocycles. The lowest BCUT2D eigenvalue weighted by Crippen LogP contribution is -2.31. The van der Waals surface area contributed by atoms with Gasteiger partial charge in [0.2, 0.25) is 0 Å². The topological polar surface area (TPSA) is 81.2 Å². The fraction of sp³-hybridized carbons (Fsp3) is 0.318. The van der Waals surface area contributed by atoms with Gasteiger partial charge in [-0.3, -0.25) is 10.4 Å². The number of carbonyl (C=O) groups is 1. The summed E-state index contributed by atoms with van der Waals surface area (Å²) in [5.74, 6) is 0.881. The van der Waals surface area contributed by atoms with Gasteiger partial charge in [0, 0.05) is 31.2 Å². The van der Waals surface area contributed by atoms with Gasteiger partial charge in [-0.1, -0.05) is 42.5 Å². The van der Waals surface area contributed by atoms with Crippen LogP contribution in [0.1, 0.15) is 23.4 Å². The molecule has 2 N–H and O–H groups in total. The molecule has 1 fully saturated rings. The van der Waals surface area contributed by atoms with Crippen LogP contribution in [0.25, 0.3) is 0 Å². The second-order valence-corrected chi connectivity index (χ2v) is 7.92. The third-order valence-electron chi connectivity index (χ3n) is 5.51. The van der Waals surface area contributed by atoms with Gasteiger partial charge in [-0.05, 0) is 41.9 Å². The Bertz CT molecular complexity index is 1070. The van der Waals surface area contributed by atoms with Gasteiger partial charge in [0.15, 0.2) is 4.77 Å². The molecule has 1 saturated heterocycles. The molecular formula is C22H24N4O3S. The molecule has 3 aromatic rings. The van der Waals surface area contributed by atoms with Gasteiger partial charge < -0.3 is 14.0 Å². The maximum atomic E-state index is 12.2. The molecule has 1 aliphatic heterocycles. The van der Waals surface area contributed by atoms with E-state index in [0.29, 0.717) is 30.1 Å². The van der Waals surface area contributed by atoms with Gasteiger partial charge in [0.25, 0.3) is 0 Å². The third-order valence-corrected chi connectivity index (χ3v) is 5.87. The highest BCUT2D eigenvalue weighted by molar-refractivity contribution is 7.71. The van der Waals surface area contributed by atoms with Gasteiger partial charge in [-0.2, -0.15) is 5.10 Å². The van der Waals surface area contributed by atoms with Crippen LogP contribution in [0.15, 0.2) is 54.6 Å². The summed E-state index contributed by atoms with van der Waals surface area (Å²) in [6.07, 6.45) is 1.08. The fourth-order valence-corrected chi connectivity index (χ4v) is 3.87. The summed E-state index contributed by atoms with van der Waals surface area (Å²) in [6.45, 7) is 1.50. The van der Waals surface area contributed by atoms with E-state index in [2.05, 4.69) is 21.6 Å². The highest BCUT2D eigenvalue weighted by atomic mass is 32.1. The number of H-pyrrole nitrogens is 1. The number of carbonyl (C=O) groups excluding carboxylic acids is 1. The van der Waals surface area contributed by atoms with E-state index in [1.165, 1.54) is 0 Å². The number of anilines is 1. The number of aromatic nitrogens is 3. The van der Waals surface area contributed by atoms with Crippen LogP contribution in [0.4, 0.5) is 10.5 Å². The minimum Gasteiger partial charge on any atom is -0.444 e. The van der Waals surface area contributed by atoms with E-state index < -0.39 is 6.09 Å². The van der Waals surface area contributed by atoms with Crippen LogP contribution in [0.3, 0.4) is 0 Å². The van der Waals surface area contributed by atoms with E-state index in [4.69, 9.17) is 21.7 Å². The van der Waals surface area contributed by atoms with E-state index in [1.54, 1.807) is 0 Å². The van der Waals surface area contributed by atoms with Crippen LogP contribution in [0, 0.1) is 4.77 Å². The highest BCUT2D eigenvalue weighted by Crippen LogP contribution is 2.37. The van der Waals surface area contributed by atoms with Crippen molar-refractivity contribution >= 4 is 24.0 Å². The van der Waals surface area contributed by atoms with E-state index in [1.807, 2.05) is 60.1 Å². The van der Waals surface area contributed by atoms with Crippen molar-refractivity contribution in [2.24, 2.45) is 7.05 Å². The molecular weight excluding hydrogens is 400 g/mol. The first-order valence-electron chi connectivity index (χ1n) is 9.82. The molecule has 0 aliphatic carbocycles. The Morgan fingerprint density at radius 3 is 2.83 bits per heavy atom. The van der Waals surface area contributed by atoms with Crippen LogP contribution in [0.2, 0.25) is 0 Å². The Hall–Kier alpha value is -2.97. The summed E-state index contributed by atoms with van der Waals surface area (Å²) >= 11 is 5.25. The smallest absolute Gasteiger partial charge is 0.411 e. The Kier molecular flexibility index (Phi) is 5.96. The second-order valence-electron chi connectivity index (χ2n) is 7.53. The van der Waals surface area contributed by atoms with E-state index >= 15 is 0 Å². The lowest BCUT2D eigenvalue weighted by atomic mass is 9.76. The molecule has 1 aliphatic rings. The van der Waals surface area contributed by atoms with Crippen molar-refractivity contribution in [1.82, 2.24) is 14.8 Å². The van der Waals surface area contributed by atoms with Crippen LogP contribution in [-0.4, -0.2) is 34.1 Å². The fourth-order valence-electron chi connectivity index (χ4n) is 3.72. The standard InChI is InChI=1S/C22H24N4O3S/c1-26-19(24-25-20(26)30)13-22(10-11-28-15-22)17-8-5-9-18(12-17)23-21(27)29-14-16-6-3-2-4-7-16/h2-9,12H,10-11,13-15H2,1H3,(H,23,27)(H,25,30). The summed E-state index contributed by atoms with van der Waals surface area (Å²) in [5.41, 5.74) is 2.50. The molecule has 0 saturated carbocycles. The number of nitrogens with zero attached hydrogens (tertiary/aromatic N) is 2. The van der Waals surface area contributed by atoms with E-state index in [-0.39, 0.29) is 12.0 Å². The third kappa shape index (κ3) is 4.44. The monoisotopic (exact) mass is 424 g/mol. The molecule has 1 atom stereocenters. The molecule has 156 valence electrons. The summed E-state index contributed by atoms with van der Waals surface area (Å²) in [7, 11) is 1.91. The molecule has 0 bridgehead atoms. The van der Waals surface area contributed by atoms with Crippen molar-refractivity contribution in [2.45, 2.75) is 24.9 Å². The number of nitrogens with one attached hydrogen (secondary N) is 2. The quantitative estimate of drug-likeness (QED) is 0.582. The zero-order valence-corrected chi connectivity index (χ0v) is 17.6. The Morgan fingerprint density at radius 1 is 1.30 bits per heavy atom. The number of hydrogen-bond acceptors (Lipinski definition) is 5. The van der Waals surface area contributed by atoms with Gasteiger partial charge in [-0.15, -0.1) is 0 Å². The van der Waals surface area contributed by atoms with Crippen LogP contribution in [-0.2, 0) is 35.0 Å². The zero-order valence-electron chi connectivity index (χ0n) is 16.8. The average molecular weight is 425 g/mol. The normalized spacial score (nSPS) is 18.3. The molecule has 0 spiro atoms. The highest BCUT2D eigenvalue weighted by Gasteiger charge is 2.38. The van der Waals surface area contributed by atoms with Crippen LogP contribution >= 0.6 is 12.2 Å². The Labute approximate surface area is 180 Å². The maximum absolute atomic E-state index is 12.2. The predicted molar refractivity (Wildman–Crippen MR) is 116 cm³/mol. The van der Waals surface area contributed by atoms with E-state index in [0.717, 1.165) is 23.4 Å². The minimum atomic E-state index is -0.484. The van der Waals surface area contributed by atoms with Gasteiger partial charge in [-0.25, -0.2) is 4.79 Å².